The number of para-hydroxylation sites is 1. The molecule has 4 aliphatic rings. The van der Waals surface area contributed by atoms with Crippen LogP contribution in [0.1, 0.15) is 54.4 Å². The number of hydrogen-bond donors (Lipinski definition) is 0. The molecule has 66 heavy (non-hydrogen) atoms. The summed E-state index contributed by atoms with van der Waals surface area (Å²) in [6.07, 6.45) is 6.18. The highest BCUT2D eigenvalue weighted by atomic mass is 32.1. The maximum Gasteiger partial charge on any atom is 0.264 e. The Balaban J connectivity index is 1.18. The van der Waals surface area contributed by atoms with E-state index in [9.17, 15) is 0 Å². The van der Waals surface area contributed by atoms with Crippen LogP contribution in [0.15, 0.2) is 194 Å². The first-order valence-corrected chi connectivity index (χ1v) is 28.3. The first-order valence-electron chi connectivity index (χ1n) is 24.0. The van der Waals surface area contributed by atoms with Gasteiger partial charge in [-0.2, -0.15) is 0 Å². The minimum Gasteiger partial charge on any atom is -0.338 e. The van der Waals surface area contributed by atoms with Gasteiger partial charge in [-0.1, -0.05) is 171 Å². The smallest absolute Gasteiger partial charge is 0.264 e. The van der Waals surface area contributed by atoms with Crippen LogP contribution in [0.3, 0.4) is 0 Å². The third kappa shape index (κ3) is 5.94. The Morgan fingerprint density at radius 2 is 1.06 bits per heavy atom. The highest BCUT2D eigenvalue weighted by Gasteiger charge is 2.47. The van der Waals surface area contributed by atoms with E-state index in [-0.39, 0.29) is 6.71 Å². The van der Waals surface area contributed by atoms with Crippen molar-refractivity contribution in [2.75, 3.05) is 14.7 Å². The normalized spacial score (nSPS) is 16.0. The van der Waals surface area contributed by atoms with E-state index >= 15 is 0 Å². The number of nitrogens with zero attached hydrogens (tertiary/aromatic N) is 3. The van der Waals surface area contributed by atoms with Crippen LogP contribution < -0.4 is 35.6 Å². The van der Waals surface area contributed by atoms with Gasteiger partial charge < -0.3 is 14.7 Å². The van der Waals surface area contributed by atoms with Crippen LogP contribution in [0, 0.1) is 0 Å². The molecule has 0 amide bonds. The van der Waals surface area contributed by atoms with Crippen molar-refractivity contribution in [3.05, 3.63) is 216 Å². The highest BCUT2D eigenvalue weighted by Crippen LogP contribution is 2.52. The molecule has 3 nitrogen and oxygen atoms in total. The van der Waals surface area contributed by atoms with E-state index in [1.54, 1.807) is 0 Å². The Hall–Kier alpha value is -6.60. The number of benzene rings is 8. The summed E-state index contributed by atoms with van der Waals surface area (Å²) in [7, 11) is -1.89. The van der Waals surface area contributed by atoms with Gasteiger partial charge in [0.15, 0.2) is 0 Å². The molecular weight excluding hydrogens is 834 g/mol. The number of thiophene rings is 1. The van der Waals surface area contributed by atoms with Crippen LogP contribution in [0.5, 0.6) is 0 Å². The van der Waals surface area contributed by atoms with E-state index in [4.69, 9.17) is 0 Å². The van der Waals surface area contributed by atoms with E-state index in [1.807, 2.05) is 11.3 Å². The van der Waals surface area contributed by atoms with E-state index in [2.05, 4.69) is 228 Å². The Kier molecular flexibility index (Phi) is 9.17. The van der Waals surface area contributed by atoms with Gasteiger partial charge in [0.1, 0.15) is 0 Å². The van der Waals surface area contributed by atoms with Crippen LogP contribution in [-0.2, 0) is 5.41 Å². The molecule has 1 aromatic heterocycles. The summed E-state index contributed by atoms with van der Waals surface area (Å²) < 4.78 is 2.75. The molecule has 320 valence electrons. The molecular formula is C60H52BN3SSi. The lowest BCUT2D eigenvalue weighted by Crippen LogP contribution is -2.61. The molecule has 1 fully saturated rings. The van der Waals surface area contributed by atoms with Crippen molar-refractivity contribution < 1.29 is 0 Å². The minimum atomic E-state index is -1.89. The lowest BCUT2D eigenvalue weighted by molar-refractivity contribution is 0.436. The van der Waals surface area contributed by atoms with Crippen molar-refractivity contribution >= 4 is 103 Å². The van der Waals surface area contributed by atoms with Crippen LogP contribution in [0.4, 0.5) is 45.5 Å². The summed E-state index contributed by atoms with van der Waals surface area (Å²) in [6.45, 7) is 7.59. The summed E-state index contributed by atoms with van der Waals surface area (Å²) in [6, 6.07) is 75.2. The molecule has 3 aliphatic heterocycles. The van der Waals surface area contributed by atoms with Crippen molar-refractivity contribution in [3.63, 3.8) is 0 Å². The number of fused-ring (bicyclic) bond motifs is 12. The summed E-state index contributed by atoms with van der Waals surface area (Å²) in [4.78, 5) is 8.03. The van der Waals surface area contributed by atoms with Crippen molar-refractivity contribution in [2.45, 2.75) is 63.2 Å². The van der Waals surface area contributed by atoms with Gasteiger partial charge in [-0.05, 0) is 113 Å². The van der Waals surface area contributed by atoms with Crippen LogP contribution in [0.2, 0.25) is 19.6 Å². The molecule has 0 spiro atoms. The van der Waals surface area contributed by atoms with Crippen LogP contribution in [0.25, 0.3) is 10.1 Å². The van der Waals surface area contributed by atoms with Gasteiger partial charge in [-0.3, -0.25) is 0 Å². The van der Waals surface area contributed by atoms with Gasteiger partial charge in [0.2, 0.25) is 0 Å². The van der Waals surface area contributed by atoms with E-state index in [0.717, 1.165) is 0 Å². The molecule has 8 aromatic carbocycles. The maximum absolute atomic E-state index is 2.74. The second kappa shape index (κ2) is 15.2. The topological polar surface area (TPSA) is 9.72 Å². The van der Waals surface area contributed by atoms with Crippen LogP contribution >= 0.6 is 11.3 Å². The van der Waals surface area contributed by atoms with Gasteiger partial charge in [0, 0.05) is 60.7 Å². The molecule has 0 N–H and O–H groups in total. The number of hydrogen-bond acceptors (Lipinski definition) is 4. The number of rotatable bonds is 5. The summed E-state index contributed by atoms with van der Waals surface area (Å²) in [5, 5.41) is 2.78. The fourth-order valence-electron chi connectivity index (χ4n) is 12.2. The van der Waals surface area contributed by atoms with Gasteiger partial charge in [-0.25, -0.2) is 0 Å². The fraction of sp³-hybridized carbons (Fsp3) is 0.167. The van der Waals surface area contributed by atoms with Crippen molar-refractivity contribution in [3.8, 4) is 0 Å². The first-order chi connectivity index (χ1) is 32.4. The average Bonchev–Trinajstić information content (AvgIpc) is 3.74. The zero-order valence-corrected chi connectivity index (χ0v) is 39.7. The second-order valence-electron chi connectivity index (χ2n) is 19.9. The minimum absolute atomic E-state index is 0.0635. The van der Waals surface area contributed by atoms with Crippen molar-refractivity contribution in [2.24, 2.45) is 0 Å². The molecule has 0 unspecified atom stereocenters. The summed E-state index contributed by atoms with van der Waals surface area (Å²) >= 11 is 1.98. The second-order valence-corrected chi connectivity index (χ2v) is 26.1. The fourth-order valence-corrected chi connectivity index (χ4v) is 14.6. The van der Waals surface area contributed by atoms with Crippen LogP contribution in [-0.4, -0.2) is 20.8 Å². The van der Waals surface area contributed by atoms with Gasteiger partial charge in [0.25, 0.3) is 6.71 Å². The molecule has 9 aromatic rings. The SMILES string of the molecule is C[Si](C)(C)c1cc2c3c(c1)N(c1ccccc1)c1c(sc4ccccc14)B3c1ccc3cc1N2c1cccc(c1)C(c1ccccc1)(c1ccccc1)c1cccc(c1)N3C1CCCCC1. The molecule has 1 saturated carbocycles. The Bertz CT molecular complexity index is 3280. The third-order valence-corrected chi connectivity index (χ3v) is 18.4. The van der Waals surface area contributed by atoms with Gasteiger partial charge in [0.05, 0.1) is 19.2 Å². The average molecular weight is 886 g/mol. The third-order valence-electron chi connectivity index (χ3n) is 15.2. The molecule has 1 aliphatic carbocycles. The quantitative estimate of drug-likeness (QED) is 0.159. The molecule has 6 heteroatoms. The Morgan fingerprint density at radius 3 is 1.74 bits per heavy atom. The lowest BCUT2D eigenvalue weighted by Gasteiger charge is -2.45. The number of anilines is 8. The predicted octanol–water partition coefficient (Wildman–Crippen LogP) is 13.7. The van der Waals surface area contributed by atoms with E-state index in [0.29, 0.717) is 6.04 Å². The van der Waals surface area contributed by atoms with Crippen molar-refractivity contribution in [1.29, 1.82) is 0 Å². The molecule has 13 rings (SSSR count). The lowest BCUT2D eigenvalue weighted by atomic mass is 9.36. The Labute approximate surface area is 394 Å². The predicted molar refractivity (Wildman–Crippen MR) is 286 cm³/mol. The summed E-state index contributed by atoms with van der Waals surface area (Å²) in [5.41, 5.74) is 17.3. The molecule has 0 radical (unpaired) electrons. The molecule has 6 bridgehead atoms. The Morgan fingerprint density at radius 1 is 0.500 bits per heavy atom. The zero-order chi connectivity index (χ0) is 44.1. The monoisotopic (exact) mass is 885 g/mol. The van der Waals surface area contributed by atoms with Crippen molar-refractivity contribution in [1.82, 2.24) is 0 Å². The zero-order valence-electron chi connectivity index (χ0n) is 37.9. The standard InChI is InChI=1S/C60H52BN3SSi/c1-66(2,3)50-39-54-57-55(40-50)64(46-28-14-7-15-29-46)58-51-32-16-17-33-56(51)65-59(58)61(57)52-35-34-49-38-53(52)63(54)48-31-19-25-44(37-48)60(41-20-8-4-9-21-41,42-22-10-5-11-23-42)43-24-18-30-47(36-43)62(49)45-26-12-6-13-27-45/h4-5,7-11,14-25,28-40,45H,6,12-13,26-27H2,1-3H3. The maximum atomic E-state index is 2.74. The molecule has 0 saturated heterocycles. The molecule has 4 heterocycles. The largest absolute Gasteiger partial charge is 0.338 e. The highest BCUT2D eigenvalue weighted by molar-refractivity contribution is 7.33. The summed E-state index contributed by atoms with van der Waals surface area (Å²) in [5.74, 6) is 0. The first kappa shape index (κ1) is 39.7. The van der Waals surface area contributed by atoms with E-state index < -0.39 is 13.5 Å². The molecule has 0 atom stereocenters. The van der Waals surface area contributed by atoms with E-state index in [1.165, 1.54) is 131 Å². The van der Waals surface area contributed by atoms with Gasteiger partial charge in [-0.15, -0.1) is 11.3 Å². The van der Waals surface area contributed by atoms with Gasteiger partial charge >= 0.3 is 0 Å².